The standard InChI is InChI=1S/C14H23N/c1-5-15-14(10-11(2)3)13-8-6-12(4)7-9-13/h6-9,11,14-15H,5,10H2,1-4H3. The minimum Gasteiger partial charge on any atom is -0.310 e. The van der Waals surface area contributed by atoms with Crippen LogP contribution in [0.2, 0.25) is 0 Å². The third kappa shape index (κ3) is 4.05. The van der Waals surface area contributed by atoms with E-state index in [0.717, 1.165) is 12.5 Å². The maximum absolute atomic E-state index is 3.55. The summed E-state index contributed by atoms with van der Waals surface area (Å²) in [5.41, 5.74) is 2.75. The zero-order valence-electron chi connectivity index (χ0n) is 10.4. The first-order chi connectivity index (χ1) is 7.13. The molecule has 1 unspecified atom stereocenters. The van der Waals surface area contributed by atoms with E-state index < -0.39 is 0 Å². The molecule has 15 heavy (non-hydrogen) atoms. The molecule has 1 aromatic carbocycles. The SMILES string of the molecule is CCNC(CC(C)C)c1ccc(C)cc1. The van der Waals surface area contributed by atoms with Crippen LogP contribution >= 0.6 is 0 Å². The molecule has 1 N–H and O–H groups in total. The molecule has 1 nitrogen and oxygen atoms in total. The summed E-state index contributed by atoms with van der Waals surface area (Å²) < 4.78 is 0. The summed E-state index contributed by atoms with van der Waals surface area (Å²) in [6.45, 7) is 9.89. The molecule has 0 bridgehead atoms. The maximum atomic E-state index is 3.55. The van der Waals surface area contributed by atoms with Crippen LogP contribution in [0.3, 0.4) is 0 Å². The van der Waals surface area contributed by atoms with E-state index >= 15 is 0 Å². The minimum atomic E-state index is 0.510. The Bertz CT molecular complexity index is 274. The van der Waals surface area contributed by atoms with Crippen LogP contribution in [0.5, 0.6) is 0 Å². The van der Waals surface area contributed by atoms with Gasteiger partial charge in [0.05, 0.1) is 0 Å². The Morgan fingerprint density at radius 2 is 1.73 bits per heavy atom. The molecular weight excluding hydrogens is 182 g/mol. The van der Waals surface area contributed by atoms with Crippen LogP contribution in [0.4, 0.5) is 0 Å². The predicted octanol–water partition coefficient (Wildman–Crippen LogP) is 3.69. The molecule has 0 amide bonds. The summed E-state index contributed by atoms with van der Waals surface area (Å²) in [4.78, 5) is 0. The molecule has 0 spiro atoms. The summed E-state index contributed by atoms with van der Waals surface area (Å²) in [5, 5.41) is 3.55. The van der Waals surface area contributed by atoms with Crippen molar-refractivity contribution in [1.82, 2.24) is 5.32 Å². The molecule has 1 heteroatoms. The Balaban J connectivity index is 2.74. The lowest BCUT2D eigenvalue weighted by Gasteiger charge is -2.20. The highest BCUT2D eigenvalue weighted by molar-refractivity contribution is 5.24. The smallest absolute Gasteiger partial charge is 0.0322 e. The van der Waals surface area contributed by atoms with Gasteiger partial charge in [0.2, 0.25) is 0 Å². The molecular formula is C14H23N. The highest BCUT2D eigenvalue weighted by atomic mass is 14.9. The molecule has 0 aliphatic heterocycles. The number of benzene rings is 1. The topological polar surface area (TPSA) is 12.0 Å². The minimum absolute atomic E-state index is 0.510. The van der Waals surface area contributed by atoms with Gasteiger partial charge in [0, 0.05) is 6.04 Å². The van der Waals surface area contributed by atoms with E-state index in [4.69, 9.17) is 0 Å². The van der Waals surface area contributed by atoms with Crippen LogP contribution in [0.15, 0.2) is 24.3 Å². The highest BCUT2D eigenvalue weighted by Gasteiger charge is 2.11. The van der Waals surface area contributed by atoms with E-state index in [0.29, 0.717) is 6.04 Å². The second kappa shape index (κ2) is 5.92. The monoisotopic (exact) mass is 205 g/mol. The largest absolute Gasteiger partial charge is 0.310 e. The van der Waals surface area contributed by atoms with E-state index in [1.165, 1.54) is 17.5 Å². The van der Waals surface area contributed by atoms with Gasteiger partial charge in [0.15, 0.2) is 0 Å². The Labute approximate surface area is 93.9 Å². The molecule has 1 atom stereocenters. The first-order valence-corrected chi connectivity index (χ1v) is 5.93. The van der Waals surface area contributed by atoms with Crippen LogP contribution in [-0.2, 0) is 0 Å². The predicted molar refractivity (Wildman–Crippen MR) is 67.1 cm³/mol. The molecule has 1 aromatic rings. The summed E-state index contributed by atoms with van der Waals surface area (Å²) in [7, 11) is 0. The van der Waals surface area contributed by atoms with Crippen LogP contribution < -0.4 is 5.32 Å². The summed E-state index contributed by atoms with van der Waals surface area (Å²) in [6, 6.07) is 9.38. The zero-order valence-corrected chi connectivity index (χ0v) is 10.4. The quantitative estimate of drug-likeness (QED) is 0.773. The van der Waals surface area contributed by atoms with Crippen molar-refractivity contribution in [3.8, 4) is 0 Å². The highest BCUT2D eigenvalue weighted by Crippen LogP contribution is 2.21. The average molecular weight is 205 g/mol. The molecule has 0 radical (unpaired) electrons. The number of hydrogen-bond donors (Lipinski definition) is 1. The molecule has 0 saturated heterocycles. The van der Waals surface area contributed by atoms with Gasteiger partial charge >= 0.3 is 0 Å². The Hall–Kier alpha value is -0.820. The van der Waals surface area contributed by atoms with Gasteiger partial charge in [-0.3, -0.25) is 0 Å². The van der Waals surface area contributed by atoms with E-state index in [-0.39, 0.29) is 0 Å². The van der Waals surface area contributed by atoms with Gasteiger partial charge in [-0.15, -0.1) is 0 Å². The van der Waals surface area contributed by atoms with Gasteiger partial charge in [-0.1, -0.05) is 50.6 Å². The fraction of sp³-hybridized carbons (Fsp3) is 0.571. The molecule has 0 aromatic heterocycles. The van der Waals surface area contributed by atoms with Crippen molar-refractivity contribution in [2.24, 2.45) is 5.92 Å². The zero-order chi connectivity index (χ0) is 11.3. The average Bonchev–Trinajstić information content (AvgIpc) is 2.17. The second-order valence-corrected chi connectivity index (χ2v) is 4.65. The molecule has 0 saturated carbocycles. The fourth-order valence-corrected chi connectivity index (χ4v) is 1.85. The summed E-state index contributed by atoms with van der Waals surface area (Å²) in [6.07, 6.45) is 1.21. The number of rotatable bonds is 5. The van der Waals surface area contributed by atoms with Crippen molar-refractivity contribution in [3.63, 3.8) is 0 Å². The lowest BCUT2D eigenvalue weighted by molar-refractivity contribution is 0.438. The van der Waals surface area contributed by atoms with Gasteiger partial charge in [0.1, 0.15) is 0 Å². The van der Waals surface area contributed by atoms with Gasteiger partial charge in [-0.25, -0.2) is 0 Å². The van der Waals surface area contributed by atoms with Crippen LogP contribution in [0, 0.1) is 12.8 Å². The normalized spacial score (nSPS) is 13.1. The van der Waals surface area contributed by atoms with Crippen LogP contribution in [0.25, 0.3) is 0 Å². The van der Waals surface area contributed by atoms with Crippen molar-refractivity contribution in [3.05, 3.63) is 35.4 Å². The molecule has 1 rings (SSSR count). The van der Waals surface area contributed by atoms with Crippen LogP contribution in [0.1, 0.15) is 44.4 Å². The third-order valence-corrected chi connectivity index (χ3v) is 2.64. The summed E-state index contributed by atoms with van der Waals surface area (Å²) >= 11 is 0. The van der Waals surface area contributed by atoms with E-state index in [9.17, 15) is 0 Å². The van der Waals surface area contributed by atoms with Crippen molar-refractivity contribution in [2.45, 2.75) is 40.2 Å². The van der Waals surface area contributed by atoms with E-state index in [1.54, 1.807) is 0 Å². The number of nitrogens with one attached hydrogen (secondary N) is 1. The maximum Gasteiger partial charge on any atom is 0.0322 e. The van der Waals surface area contributed by atoms with E-state index in [1.807, 2.05) is 0 Å². The van der Waals surface area contributed by atoms with Crippen molar-refractivity contribution >= 4 is 0 Å². The number of aryl methyl sites for hydroxylation is 1. The third-order valence-electron chi connectivity index (χ3n) is 2.64. The van der Waals surface area contributed by atoms with Crippen LogP contribution in [-0.4, -0.2) is 6.54 Å². The summed E-state index contributed by atoms with van der Waals surface area (Å²) in [5.74, 6) is 0.732. The lowest BCUT2D eigenvalue weighted by Crippen LogP contribution is -2.22. The molecule has 0 aliphatic rings. The Kier molecular flexibility index (Phi) is 4.83. The first kappa shape index (κ1) is 12.3. The fourth-order valence-electron chi connectivity index (χ4n) is 1.85. The molecule has 84 valence electrons. The Morgan fingerprint density at radius 3 is 2.20 bits per heavy atom. The van der Waals surface area contributed by atoms with Gasteiger partial charge in [-0.2, -0.15) is 0 Å². The lowest BCUT2D eigenvalue weighted by atomic mass is 9.96. The molecule has 0 heterocycles. The van der Waals surface area contributed by atoms with Gasteiger partial charge < -0.3 is 5.32 Å². The van der Waals surface area contributed by atoms with Gasteiger partial charge in [-0.05, 0) is 31.4 Å². The van der Waals surface area contributed by atoms with Gasteiger partial charge in [0.25, 0.3) is 0 Å². The van der Waals surface area contributed by atoms with Crippen molar-refractivity contribution in [2.75, 3.05) is 6.54 Å². The van der Waals surface area contributed by atoms with Crippen molar-refractivity contribution < 1.29 is 0 Å². The van der Waals surface area contributed by atoms with E-state index in [2.05, 4.69) is 57.3 Å². The van der Waals surface area contributed by atoms with Crippen molar-refractivity contribution in [1.29, 1.82) is 0 Å². The first-order valence-electron chi connectivity index (χ1n) is 5.93. The molecule has 0 fully saturated rings. The second-order valence-electron chi connectivity index (χ2n) is 4.65. The Morgan fingerprint density at radius 1 is 1.13 bits per heavy atom. The molecule has 0 aliphatic carbocycles. The number of hydrogen-bond acceptors (Lipinski definition) is 1.